The zero-order valence-corrected chi connectivity index (χ0v) is 7.81. The molecule has 1 nitrogen and oxygen atoms in total. The Morgan fingerprint density at radius 1 is 1.18 bits per heavy atom. The molecule has 0 fully saturated rings. The Morgan fingerprint density at radius 2 is 1.73 bits per heavy atom. The quantitative estimate of drug-likeness (QED) is 0.603. The monoisotopic (exact) mass is 151 g/mol. The van der Waals surface area contributed by atoms with Crippen LogP contribution in [0.5, 0.6) is 0 Å². The van der Waals surface area contributed by atoms with Gasteiger partial charge in [0, 0.05) is 5.70 Å². The molecule has 0 aliphatic rings. The molecular weight excluding hydrogens is 134 g/mol. The van der Waals surface area contributed by atoms with Gasteiger partial charge in [-0.1, -0.05) is 17.7 Å². The van der Waals surface area contributed by atoms with Crippen LogP contribution in [0.15, 0.2) is 35.1 Å². The smallest absolute Gasteiger partial charge is 0.0342 e. The van der Waals surface area contributed by atoms with Crippen LogP contribution in [0.2, 0.25) is 0 Å². The lowest BCUT2D eigenvalue weighted by Gasteiger charge is -2.02. The third-order valence-electron chi connectivity index (χ3n) is 1.80. The number of rotatable bonds is 2. The average Bonchev–Trinajstić information content (AvgIpc) is 2.02. The first-order valence-electron chi connectivity index (χ1n) is 3.85. The maximum atomic E-state index is 5.76. The van der Waals surface area contributed by atoms with Crippen molar-refractivity contribution in [1.82, 2.24) is 0 Å². The van der Waals surface area contributed by atoms with E-state index in [1.54, 1.807) is 0 Å². The minimum atomic E-state index is 0.850. The van der Waals surface area contributed by atoms with Crippen LogP contribution in [0.3, 0.4) is 0 Å². The van der Waals surface area contributed by atoms with Gasteiger partial charge in [0.05, 0.1) is 0 Å². The van der Waals surface area contributed by atoms with Crippen molar-refractivity contribution < 1.29 is 0 Å². The van der Waals surface area contributed by atoms with Crippen molar-refractivity contribution in [3.8, 4) is 0 Å². The lowest BCUT2D eigenvalue weighted by atomic mass is 10.1. The molecule has 0 atom stereocenters. The first-order chi connectivity index (χ1) is 5.13. The molecule has 62 valence electrons. The second-order valence-corrected chi connectivity index (χ2v) is 2.55. The van der Waals surface area contributed by atoms with E-state index < -0.39 is 0 Å². The molecule has 0 aromatic carbocycles. The molecule has 1 heteroatoms. The highest BCUT2D eigenvalue weighted by molar-refractivity contribution is 5.35. The molecule has 0 radical (unpaired) electrons. The summed E-state index contributed by atoms with van der Waals surface area (Å²) in [4.78, 5) is 0. The van der Waals surface area contributed by atoms with E-state index in [1.807, 2.05) is 32.9 Å². The summed E-state index contributed by atoms with van der Waals surface area (Å²) in [7, 11) is 0. The van der Waals surface area contributed by atoms with Gasteiger partial charge in [0.25, 0.3) is 0 Å². The SMILES string of the molecule is C\C=C/C(N)=C(C)\C(C)=C/C. The Hall–Kier alpha value is -0.980. The van der Waals surface area contributed by atoms with Gasteiger partial charge in [-0.25, -0.2) is 0 Å². The summed E-state index contributed by atoms with van der Waals surface area (Å²) in [5.41, 5.74) is 9.00. The predicted molar refractivity (Wildman–Crippen MR) is 51.1 cm³/mol. The third kappa shape index (κ3) is 3.08. The molecule has 0 spiro atoms. The molecule has 0 rings (SSSR count). The van der Waals surface area contributed by atoms with Gasteiger partial charge in [0.1, 0.15) is 0 Å². The van der Waals surface area contributed by atoms with Crippen LogP contribution in [-0.4, -0.2) is 0 Å². The fraction of sp³-hybridized carbons (Fsp3) is 0.400. The zero-order chi connectivity index (χ0) is 8.85. The molecule has 0 unspecified atom stereocenters. The van der Waals surface area contributed by atoms with E-state index in [-0.39, 0.29) is 0 Å². The molecule has 2 N–H and O–H groups in total. The second-order valence-electron chi connectivity index (χ2n) is 2.55. The van der Waals surface area contributed by atoms with Crippen LogP contribution >= 0.6 is 0 Å². The van der Waals surface area contributed by atoms with Crippen LogP contribution in [0.25, 0.3) is 0 Å². The van der Waals surface area contributed by atoms with Gasteiger partial charge in [0.15, 0.2) is 0 Å². The number of allylic oxidation sites excluding steroid dienone is 5. The molecule has 0 aromatic heterocycles. The van der Waals surface area contributed by atoms with Gasteiger partial charge in [-0.3, -0.25) is 0 Å². The first kappa shape index (κ1) is 10.0. The third-order valence-corrected chi connectivity index (χ3v) is 1.80. The van der Waals surface area contributed by atoms with E-state index >= 15 is 0 Å². The molecule has 0 saturated carbocycles. The molecule has 0 amide bonds. The van der Waals surface area contributed by atoms with E-state index in [0.29, 0.717) is 0 Å². The molecule has 0 heterocycles. The van der Waals surface area contributed by atoms with E-state index in [9.17, 15) is 0 Å². The highest BCUT2D eigenvalue weighted by Crippen LogP contribution is 2.10. The van der Waals surface area contributed by atoms with Crippen LogP contribution in [-0.2, 0) is 0 Å². The summed E-state index contributed by atoms with van der Waals surface area (Å²) in [5, 5.41) is 0. The lowest BCUT2D eigenvalue weighted by molar-refractivity contribution is 1.23. The molecule has 0 saturated heterocycles. The normalized spacial score (nSPS) is 15.5. The number of hydrogen-bond acceptors (Lipinski definition) is 1. The average molecular weight is 151 g/mol. The second kappa shape index (κ2) is 4.78. The zero-order valence-electron chi connectivity index (χ0n) is 7.81. The van der Waals surface area contributed by atoms with Crippen LogP contribution in [0.4, 0.5) is 0 Å². The van der Waals surface area contributed by atoms with E-state index in [0.717, 1.165) is 11.3 Å². The van der Waals surface area contributed by atoms with E-state index in [4.69, 9.17) is 5.73 Å². The largest absolute Gasteiger partial charge is 0.399 e. The Balaban J connectivity index is 4.66. The molecule has 0 aliphatic carbocycles. The van der Waals surface area contributed by atoms with Gasteiger partial charge in [-0.15, -0.1) is 0 Å². The summed E-state index contributed by atoms with van der Waals surface area (Å²) in [6, 6.07) is 0. The maximum Gasteiger partial charge on any atom is 0.0342 e. The Morgan fingerprint density at radius 3 is 2.09 bits per heavy atom. The minimum Gasteiger partial charge on any atom is -0.399 e. The standard InChI is InChI=1S/C10H17N/c1-5-7-10(11)9(4)8(3)6-2/h5-7H,11H2,1-4H3/b7-5-,8-6-,10-9+. The van der Waals surface area contributed by atoms with E-state index in [1.165, 1.54) is 5.57 Å². The van der Waals surface area contributed by atoms with Gasteiger partial charge in [-0.2, -0.15) is 0 Å². The van der Waals surface area contributed by atoms with Crippen molar-refractivity contribution in [3.63, 3.8) is 0 Å². The summed E-state index contributed by atoms with van der Waals surface area (Å²) in [6.07, 6.45) is 5.93. The van der Waals surface area contributed by atoms with Crippen molar-refractivity contribution in [2.24, 2.45) is 5.73 Å². The van der Waals surface area contributed by atoms with Crippen molar-refractivity contribution in [3.05, 3.63) is 35.1 Å². The minimum absolute atomic E-state index is 0.850. The maximum absolute atomic E-state index is 5.76. The number of hydrogen-bond donors (Lipinski definition) is 1. The summed E-state index contributed by atoms with van der Waals surface area (Å²) >= 11 is 0. The molecule has 0 aliphatic heterocycles. The topological polar surface area (TPSA) is 26.0 Å². The van der Waals surface area contributed by atoms with Gasteiger partial charge >= 0.3 is 0 Å². The van der Waals surface area contributed by atoms with Crippen molar-refractivity contribution in [2.75, 3.05) is 0 Å². The molecule has 0 aromatic rings. The van der Waals surface area contributed by atoms with Crippen LogP contribution < -0.4 is 5.73 Å². The highest BCUT2D eigenvalue weighted by atomic mass is 14.6. The lowest BCUT2D eigenvalue weighted by Crippen LogP contribution is -1.98. The fourth-order valence-electron chi connectivity index (χ4n) is 0.749. The fourth-order valence-corrected chi connectivity index (χ4v) is 0.749. The summed E-state index contributed by atoms with van der Waals surface area (Å²) in [6.45, 7) is 8.07. The Kier molecular flexibility index (Phi) is 4.35. The number of nitrogens with two attached hydrogens (primary N) is 1. The van der Waals surface area contributed by atoms with Gasteiger partial charge < -0.3 is 5.73 Å². The van der Waals surface area contributed by atoms with Crippen molar-refractivity contribution in [2.45, 2.75) is 27.7 Å². The molecular formula is C10H17N. The highest BCUT2D eigenvalue weighted by Gasteiger charge is 1.94. The van der Waals surface area contributed by atoms with Gasteiger partial charge in [0.2, 0.25) is 0 Å². The first-order valence-corrected chi connectivity index (χ1v) is 3.85. The van der Waals surface area contributed by atoms with Crippen molar-refractivity contribution in [1.29, 1.82) is 0 Å². The Labute approximate surface area is 69.3 Å². The Bertz CT molecular complexity index is 207. The van der Waals surface area contributed by atoms with Crippen LogP contribution in [0.1, 0.15) is 27.7 Å². The van der Waals surface area contributed by atoms with Crippen molar-refractivity contribution >= 4 is 0 Å². The summed E-state index contributed by atoms with van der Waals surface area (Å²) < 4.78 is 0. The van der Waals surface area contributed by atoms with Gasteiger partial charge in [-0.05, 0) is 39.3 Å². The van der Waals surface area contributed by atoms with E-state index in [2.05, 4.69) is 13.0 Å². The van der Waals surface area contributed by atoms with Crippen LogP contribution in [0, 0.1) is 0 Å². The molecule has 11 heavy (non-hydrogen) atoms. The predicted octanol–water partition coefficient (Wildman–Crippen LogP) is 2.76. The summed E-state index contributed by atoms with van der Waals surface area (Å²) in [5.74, 6) is 0. The molecule has 0 bridgehead atoms.